The van der Waals surface area contributed by atoms with E-state index in [1.807, 2.05) is 0 Å². The Hall–Kier alpha value is -2.96. The van der Waals surface area contributed by atoms with Crippen LogP contribution in [0.4, 0.5) is 5.69 Å². The van der Waals surface area contributed by atoms with Gasteiger partial charge in [-0.1, -0.05) is 0 Å². The molecule has 1 aliphatic rings. The topological polar surface area (TPSA) is 88.4 Å². The largest absolute Gasteiger partial charge is 0.497 e. The molecule has 1 fully saturated rings. The molecule has 25 heavy (non-hydrogen) atoms. The van der Waals surface area contributed by atoms with Crippen LogP contribution in [0.25, 0.3) is 0 Å². The van der Waals surface area contributed by atoms with Crippen molar-refractivity contribution in [3.05, 3.63) is 42.5 Å². The number of hydrogen-bond acceptors (Lipinski definition) is 6. The molecule has 7 heteroatoms. The van der Waals surface area contributed by atoms with Crippen molar-refractivity contribution in [2.24, 2.45) is 0 Å². The van der Waals surface area contributed by atoms with Crippen LogP contribution in [0.15, 0.2) is 36.7 Å². The average molecular weight is 340 g/mol. The maximum Gasteiger partial charge on any atom is 0.176 e. The van der Waals surface area contributed by atoms with E-state index in [2.05, 4.69) is 9.97 Å². The van der Waals surface area contributed by atoms with E-state index in [4.69, 9.17) is 14.9 Å². The summed E-state index contributed by atoms with van der Waals surface area (Å²) < 4.78 is 10.6. The molecule has 130 valence electrons. The van der Waals surface area contributed by atoms with Gasteiger partial charge in [0, 0.05) is 30.6 Å². The average Bonchev–Trinajstić information content (AvgIpc) is 2.79. The van der Waals surface area contributed by atoms with Gasteiger partial charge in [0.25, 0.3) is 0 Å². The number of rotatable bonds is 4. The van der Waals surface area contributed by atoms with Crippen molar-refractivity contribution < 1.29 is 14.3 Å². The molecule has 7 nitrogen and oxygen atoms in total. The summed E-state index contributed by atoms with van der Waals surface area (Å²) in [5.74, 6) is 0.730. The van der Waals surface area contributed by atoms with Gasteiger partial charge in [0.05, 0.1) is 19.9 Å². The van der Waals surface area contributed by atoms with Crippen LogP contribution in [0.3, 0.4) is 0 Å². The number of amidine groups is 1. The van der Waals surface area contributed by atoms with Gasteiger partial charge in [-0.2, -0.15) is 0 Å². The van der Waals surface area contributed by atoms with E-state index in [1.165, 1.54) is 0 Å². The first-order chi connectivity index (χ1) is 11.9. The van der Waals surface area contributed by atoms with Crippen LogP contribution in [0.2, 0.25) is 0 Å². The molecule has 0 bridgehead atoms. The van der Waals surface area contributed by atoms with Crippen LogP contribution in [0.1, 0.15) is 25.6 Å². The number of nitrogens with one attached hydrogen (secondary N) is 1. The highest BCUT2D eigenvalue weighted by molar-refractivity contribution is 6.25. The maximum absolute atomic E-state index is 13.0. The first-order valence-electron chi connectivity index (χ1n) is 7.83. The minimum absolute atomic E-state index is 0.120. The quantitative estimate of drug-likeness (QED) is 0.919. The van der Waals surface area contributed by atoms with E-state index in [0.717, 1.165) is 0 Å². The molecule has 1 aromatic heterocycles. The summed E-state index contributed by atoms with van der Waals surface area (Å²) in [6.07, 6.45) is 3.15. The smallest absolute Gasteiger partial charge is 0.176 e. The molecule has 1 saturated heterocycles. The minimum atomic E-state index is -0.918. The molecule has 1 atom stereocenters. The van der Waals surface area contributed by atoms with Crippen LogP contribution in [0, 0.1) is 5.41 Å². The third-order valence-corrected chi connectivity index (χ3v) is 4.38. The molecule has 0 aliphatic carbocycles. The zero-order valence-corrected chi connectivity index (χ0v) is 14.6. The lowest BCUT2D eigenvalue weighted by Gasteiger charge is -2.31. The SMILES string of the molecule is COc1cc(OC)cc(N2C(=N)C(c3ncccn3)C(=O)C2(C)C)c1. The molecule has 2 aromatic rings. The van der Waals surface area contributed by atoms with Gasteiger partial charge in [-0.05, 0) is 19.9 Å². The van der Waals surface area contributed by atoms with Gasteiger partial charge in [0.2, 0.25) is 0 Å². The van der Waals surface area contributed by atoms with Gasteiger partial charge in [-0.25, -0.2) is 9.97 Å². The van der Waals surface area contributed by atoms with Crippen LogP contribution >= 0.6 is 0 Å². The van der Waals surface area contributed by atoms with E-state index in [9.17, 15) is 4.79 Å². The number of Topliss-reactive ketones (excluding diaryl/α,β-unsaturated/α-hetero) is 1. The predicted molar refractivity (Wildman–Crippen MR) is 93.6 cm³/mol. The van der Waals surface area contributed by atoms with Crippen molar-refractivity contribution in [2.75, 3.05) is 19.1 Å². The molecule has 1 aromatic carbocycles. The number of ether oxygens (including phenoxy) is 2. The molecule has 3 rings (SSSR count). The fraction of sp³-hybridized carbons (Fsp3) is 0.333. The molecule has 1 unspecified atom stereocenters. The van der Waals surface area contributed by atoms with Crippen LogP contribution in [-0.4, -0.2) is 41.3 Å². The van der Waals surface area contributed by atoms with E-state index in [-0.39, 0.29) is 11.6 Å². The summed E-state index contributed by atoms with van der Waals surface area (Å²) in [5, 5.41) is 8.62. The Balaban J connectivity index is 2.10. The van der Waals surface area contributed by atoms with Gasteiger partial charge in [-0.15, -0.1) is 0 Å². The van der Waals surface area contributed by atoms with E-state index in [1.54, 1.807) is 69.6 Å². The Labute approximate surface area is 146 Å². The monoisotopic (exact) mass is 340 g/mol. The number of benzene rings is 1. The van der Waals surface area contributed by atoms with Crippen molar-refractivity contribution in [3.63, 3.8) is 0 Å². The summed E-state index contributed by atoms with van der Waals surface area (Å²) in [5.41, 5.74) is -0.267. The highest BCUT2D eigenvalue weighted by atomic mass is 16.5. The first kappa shape index (κ1) is 16.9. The maximum atomic E-state index is 13.0. The Morgan fingerprint density at radius 3 is 2.16 bits per heavy atom. The number of hydrogen-bond donors (Lipinski definition) is 1. The number of carbonyl (C=O) groups excluding carboxylic acids is 1. The van der Waals surface area contributed by atoms with E-state index < -0.39 is 11.5 Å². The lowest BCUT2D eigenvalue weighted by molar-refractivity contribution is -0.121. The summed E-state index contributed by atoms with van der Waals surface area (Å²) >= 11 is 0. The zero-order chi connectivity index (χ0) is 18.2. The summed E-state index contributed by atoms with van der Waals surface area (Å²) in [4.78, 5) is 23.0. The van der Waals surface area contributed by atoms with Crippen molar-refractivity contribution in [1.82, 2.24) is 9.97 Å². The van der Waals surface area contributed by atoms with Gasteiger partial charge in [-0.3, -0.25) is 10.2 Å². The fourth-order valence-corrected chi connectivity index (χ4v) is 3.10. The van der Waals surface area contributed by atoms with Gasteiger partial charge < -0.3 is 14.4 Å². The second kappa shape index (κ2) is 6.16. The third-order valence-electron chi connectivity index (χ3n) is 4.38. The highest BCUT2D eigenvalue weighted by Gasteiger charge is 2.53. The molecule has 1 aliphatic heterocycles. The Morgan fingerprint density at radius 1 is 1.08 bits per heavy atom. The number of nitrogens with zero attached hydrogens (tertiary/aromatic N) is 3. The normalized spacial score (nSPS) is 19.2. The highest BCUT2D eigenvalue weighted by Crippen LogP contribution is 2.41. The van der Waals surface area contributed by atoms with E-state index >= 15 is 0 Å². The fourth-order valence-electron chi connectivity index (χ4n) is 3.10. The predicted octanol–water partition coefficient (Wildman–Crippen LogP) is 2.42. The van der Waals surface area contributed by atoms with Crippen molar-refractivity contribution in [2.45, 2.75) is 25.3 Å². The number of ketones is 1. The first-order valence-corrected chi connectivity index (χ1v) is 7.83. The minimum Gasteiger partial charge on any atom is -0.497 e. The molecule has 0 spiro atoms. The molecule has 0 saturated carbocycles. The van der Waals surface area contributed by atoms with Crippen molar-refractivity contribution in [3.8, 4) is 11.5 Å². The van der Waals surface area contributed by atoms with Crippen LogP contribution in [0.5, 0.6) is 11.5 Å². The second-order valence-corrected chi connectivity index (χ2v) is 6.25. The van der Waals surface area contributed by atoms with Crippen molar-refractivity contribution >= 4 is 17.3 Å². The standard InChI is InChI=1S/C18H20N4O3/c1-18(2)15(23)14(17-20-6-5-7-21-17)16(19)22(18)11-8-12(24-3)10-13(9-11)25-4/h5-10,14,19H,1-4H3. The molecular weight excluding hydrogens is 320 g/mol. The second-order valence-electron chi connectivity index (χ2n) is 6.25. The molecule has 1 N–H and O–H groups in total. The van der Waals surface area contributed by atoms with Crippen molar-refractivity contribution in [1.29, 1.82) is 5.41 Å². The molecule has 2 heterocycles. The van der Waals surface area contributed by atoms with Gasteiger partial charge in [0.15, 0.2) is 5.78 Å². The Bertz CT molecular complexity index is 798. The van der Waals surface area contributed by atoms with E-state index in [0.29, 0.717) is 23.0 Å². The molecule has 0 amide bonds. The zero-order valence-electron chi connectivity index (χ0n) is 14.6. The summed E-state index contributed by atoms with van der Waals surface area (Å²) in [7, 11) is 3.12. The van der Waals surface area contributed by atoms with Crippen LogP contribution < -0.4 is 14.4 Å². The third kappa shape index (κ3) is 2.71. The summed E-state index contributed by atoms with van der Waals surface area (Å²) in [6.45, 7) is 3.58. The number of carbonyl (C=O) groups is 1. The lowest BCUT2D eigenvalue weighted by Crippen LogP contribution is -2.44. The summed E-state index contributed by atoms with van der Waals surface area (Å²) in [6, 6.07) is 6.98. The van der Waals surface area contributed by atoms with Gasteiger partial charge >= 0.3 is 0 Å². The Morgan fingerprint density at radius 2 is 1.64 bits per heavy atom. The Kier molecular flexibility index (Phi) is 4.16. The molecule has 0 radical (unpaired) electrons. The van der Waals surface area contributed by atoms with Crippen LogP contribution in [-0.2, 0) is 4.79 Å². The van der Waals surface area contributed by atoms with Gasteiger partial charge in [0.1, 0.15) is 34.6 Å². The molecular formula is C18H20N4O3. The number of anilines is 1. The lowest BCUT2D eigenvalue weighted by atomic mass is 9.93. The number of methoxy groups -OCH3 is 2. The number of aromatic nitrogens is 2.